The van der Waals surface area contributed by atoms with E-state index >= 15 is 0 Å². The predicted molar refractivity (Wildman–Crippen MR) is 118 cm³/mol. The molecule has 2 unspecified atom stereocenters. The Hall–Kier alpha value is -3.39. The lowest BCUT2D eigenvalue weighted by atomic mass is 9.98. The Kier molecular flexibility index (Phi) is 7.83. The zero-order valence-corrected chi connectivity index (χ0v) is 17.9. The Labute approximate surface area is 186 Å². The van der Waals surface area contributed by atoms with Gasteiger partial charge in [0.1, 0.15) is 6.61 Å². The van der Waals surface area contributed by atoms with Crippen LogP contribution in [0.4, 0.5) is 4.79 Å². The molecule has 8 nitrogen and oxygen atoms in total. The van der Waals surface area contributed by atoms with E-state index in [0.29, 0.717) is 12.8 Å². The van der Waals surface area contributed by atoms with E-state index in [0.717, 1.165) is 11.1 Å². The summed E-state index contributed by atoms with van der Waals surface area (Å²) in [6.45, 7) is 1.73. The molecule has 4 N–H and O–H groups in total. The lowest BCUT2D eigenvalue weighted by Crippen LogP contribution is -2.37. The zero-order chi connectivity index (χ0) is 23.1. The number of carboxylic acid groups (broad SMARTS) is 1. The molecule has 0 heterocycles. The van der Waals surface area contributed by atoms with Crippen LogP contribution in [0.15, 0.2) is 48.5 Å². The van der Waals surface area contributed by atoms with E-state index in [1.807, 2.05) is 31.2 Å². The molecule has 32 heavy (non-hydrogen) atoms. The van der Waals surface area contributed by atoms with Gasteiger partial charge in [0.25, 0.3) is 0 Å². The number of hydrogen-bond donors (Lipinski definition) is 4. The van der Waals surface area contributed by atoms with Crippen LogP contribution in [0.1, 0.15) is 43.2 Å². The van der Waals surface area contributed by atoms with Gasteiger partial charge in [-0.15, -0.1) is 0 Å². The number of alkyl carbamates (subject to hydrolysis) is 1. The summed E-state index contributed by atoms with van der Waals surface area (Å²) in [6, 6.07) is 16.1. The second-order valence-corrected chi connectivity index (χ2v) is 7.92. The minimum atomic E-state index is -1.62. The molecule has 1 aliphatic carbocycles. The smallest absolute Gasteiger partial charge is 0.407 e. The highest BCUT2D eigenvalue weighted by molar-refractivity contribution is 5.79. The van der Waals surface area contributed by atoms with Gasteiger partial charge in [0.2, 0.25) is 5.91 Å². The Morgan fingerprint density at radius 3 is 2.22 bits per heavy atom. The van der Waals surface area contributed by atoms with Gasteiger partial charge in [-0.1, -0.05) is 48.5 Å². The van der Waals surface area contributed by atoms with E-state index < -0.39 is 18.2 Å². The maximum absolute atomic E-state index is 12.3. The summed E-state index contributed by atoms with van der Waals surface area (Å²) in [5.41, 5.74) is 4.63. The summed E-state index contributed by atoms with van der Waals surface area (Å²) in [5.74, 6) is -1.74. The van der Waals surface area contributed by atoms with Crippen molar-refractivity contribution in [2.75, 3.05) is 13.2 Å². The molecule has 1 aliphatic rings. The minimum Gasteiger partial charge on any atom is -0.479 e. The van der Waals surface area contributed by atoms with Crippen molar-refractivity contribution in [2.24, 2.45) is 0 Å². The lowest BCUT2D eigenvalue weighted by Gasteiger charge is -2.17. The van der Waals surface area contributed by atoms with Crippen LogP contribution in [-0.2, 0) is 14.3 Å². The number of ether oxygens (including phenoxy) is 1. The number of aliphatic hydroxyl groups excluding tert-OH is 1. The summed E-state index contributed by atoms with van der Waals surface area (Å²) in [4.78, 5) is 34.5. The number of fused-ring (bicyclic) bond motifs is 3. The molecule has 3 rings (SSSR count). The van der Waals surface area contributed by atoms with E-state index in [1.165, 1.54) is 11.1 Å². The number of carbonyl (C=O) groups is 3. The number of nitrogens with one attached hydrogen (secondary N) is 2. The molecule has 0 aliphatic heterocycles. The summed E-state index contributed by atoms with van der Waals surface area (Å²) in [6.07, 6.45) is -0.899. The van der Waals surface area contributed by atoms with Crippen molar-refractivity contribution in [2.45, 2.75) is 44.2 Å². The van der Waals surface area contributed by atoms with Crippen molar-refractivity contribution >= 4 is 18.0 Å². The van der Waals surface area contributed by atoms with E-state index in [4.69, 9.17) is 14.9 Å². The van der Waals surface area contributed by atoms with E-state index in [2.05, 4.69) is 34.9 Å². The number of rotatable bonds is 10. The number of carbonyl (C=O) groups excluding carboxylic acids is 2. The van der Waals surface area contributed by atoms with Gasteiger partial charge in [-0.05, 0) is 42.0 Å². The van der Waals surface area contributed by atoms with Gasteiger partial charge >= 0.3 is 12.1 Å². The first-order valence-electron chi connectivity index (χ1n) is 10.7. The minimum absolute atomic E-state index is 0.00620. The van der Waals surface area contributed by atoms with Gasteiger partial charge in [-0.25, -0.2) is 9.59 Å². The third kappa shape index (κ3) is 5.85. The SMILES string of the molecule is CC(CCCC(=O)NCC(O)C(=O)O)NC(=O)OCC1c2ccccc2-c2ccccc21. The molecule has 0 spiro atoms. The van der Waals surface area contributed by atoms with Gasteiger partial charge in [0, 0.05) is 18.4 Å². The maximum atomic E-state index is 12.3. The van der Waals surface area contributed by atoms with Crippen LogP contribution >= 0.6 is 0 Å². The zero-order valence-electron chi connectivity index (χ0n) is 17.9. The third-order valence-electron chi connectivity index (χ3n) is 5.53. The fourth-order valence-corrected chi connectivity index (χ4v) is 3.87. The van der Waals surface area contributed by atoms with Crippen LogP contribution in [0.5, 0.6) is 0 Å². The quantitative estimate of drug-likeness (QED) is 0.450. The molecule has 2 aromatic carbocycles. The first kappa shape index (κ1) is 23.3. The van der Waals surface area contributed by atoms with Crippen LogP contribution in [0.25, 0.3) is 11.1 Å². The molecule has 170 valence electrons. The van der Waals surface area contributed by atoms with Crippen molar-refractivity contribution in [1.82, 2.24) is 10.6 Å². The molecule has 2 atom stereocenters. The molecule has 2 aromatic rings. The highest BCUT2D eigenvalue weighted by Gasteiger charge is 2.29. The summed E-state index contributed by atoms with van der Waals surface area (Å²) in [7, 11) is 0. The topological polar surface area (TPSA) is 125 Å². The first-order chi connectivity index (χ1) is 15.4. The summed E-state index contributed by atoms with van der Waals surface area (Å²) in [5, 5.41) is 22.9. The first-order valence-corrected chi connectivity index (χ1v) is 10.7. The van der Waals surface area contributed by atoms with Gasteiger partial charge in [0.15, 0.2) is 6.10 Å². The normalized spacial score (nSPS) is 14.1. The Morgan fingerprint density at radius 1 is 1.03 bits per heavy atom. The Balaban J connectivity index is 1.41. The number of hydrogen-bond acceptors (Lipinski definition) is 5. The monoisotopic (exact) mass is 440 g/mol. The van der Waals surface area contributed by atoms with Crippen LogP contribution < -0.4 is 10.6 Å². The number of aliphatic carboxylic acids is 1. The van der Waals surface area contributed by atoms with Crippen molar-refractivity contribution in [3.05, 3.63) is 59.7 Å². The van der Waals surface area contributed by atoms with E-state index in [-0.39, 0.29) is 37.4 Å². The standard InChI is InChI=1S/C24H28N2O6/c1-15(7-6-12-22(28)25-13-21(27)23(29)30)26-24(31)32-14-20-18-10-4-2-8-16(18)17-9-3-5-11-19(17)20/h2-5,8-11,15,20-21,27H,6-7,12-14H2,1H3,(H,25,28)(H,26,31)(H,29,30). The van der Waals surface area contributed by atoms with Crippen molar-refractivity contribution in [1.29, 1.82) is 0 Å². The maximum Gasteiger partial charge on any atom is 0.407 e. The van der Waals surface area contributed by atoms with E-state index in [1.54, 1.807) is 0 Å². The highest BCUT2D eigenvalue weighted by atomic mass is 16.5. The predicted octanol–water partition coefficient (Wildman–Crippen LogP) is 2.65. The van der Waals surface area contributed by atoms with Crippen LogP contribution in [0.2, 0.25) is 0 Å². The molecule has 0 saturated carbocycles. The largest absolute Gasteiger partial charge is 0.479 e. The van der Waals surface area contributed by atoms with Gasteiger partial charge < -0.3 is 25.6 Å². The average molecular weight is 440 g/mol. The molecule has 0 bridgehead atoms. The van der Waals surface area contributed by atoms with Gasteiger partial charge in [-0.3, -0.25) is 4.79 Å². The number of benzene rings is 2. The van der Waals surface area contributed by atoms with Crippen molar-refractivity contribution in [3.8, 4) is 11.1 Å². The molecule has 0 fully saturated rings. The molecule has 0 radical (unpaired) electrons. The molecular weight excluding hydrogens is 412 g/mol. The van der Waals surface area contributed by atoms with Crippen LogP contribution in [0, 0.1) is 0 Å². The fourth-order valence-electron chi connectivity index (χ4n) is 3.87. The summed E-state index contributed by atoms with van der Waals surface area (Å²) >= 11 is 0. The Bertz CT molecular complexity index is 931. The van der Waals surface area contributed by atoms with E-state index in [9.17, 15) is 14.4 Å². The van der Waals surface area contributed by atoms with Crippen LogP contribution in [0.3, 0.4) is 0 Å². The van der Waals surface area contributed by atoms with Crippen LogP contribution in [-0.4, -0.2) is 53.5 Å². The van der Waals surface area contributed by atoms with Crippen molar-refractivity contribution < 1.29 is 29.3 Å². The number of amides is 2. The average Bonchev–Trinajstić information content (AvgIpc) is 3.09. The third-order valence-corrected chi connectivity index (χ3v) is 5.53. The molecule has 0 aromatic heterocycles. The molecule has 2 amide bonds. The Morgan fingerprint density at radius 2 is 1.62 bits per heavy atom. The highest BCUT2D eigenvalue weighted by Crippen LogP contribution is 2.44. The number of aliphatic hydroxyl groups is 1. The lowest BCUT2D eigenvalue weighted by molar-refractivity contribution is -0.146. The second-order valence-electron chi connectivity index (χ2n) is 7.92. The molecule has 0 saturated heterocycles. The van der Waals surface area contributed by atoms with Crippen molar-refractivity contribution in [3.63, 3.8) is 0 Å². The number of carboxylic acids is 1. The van der Waals surface area contributed by atoms with Gasteiger partial charge in [-0.2, -0.15) is 0 Å². The molecular formula is C24H28N2O6. The fraction of sp³-hybridized carbons (Fsp3) is 0.375. The molecule has 8 heteroatoms. The second kappa shape index (κ2) is 10.8. The van der Waals surface area contributed by atoms with Gasteiger partial charge in [0.05, 0.1) is 6.54 Å². The summed E-state index contributed by atoms with van der Waals surface area (Å²) < 4.78 is 5.51.